The highest BCUT2D eigenvalue weighted by atomic mass is 35.5. The molecule has 0 fully saturated rings. The Labute approximate surface area is 103 Å². The minimum Gasteiger partial charge on any atom is -0.0837 e. The van der Waals surface area contributed by atoms with Gasteiger partial charge in [0.2, 0.25) is 0 Å². The lowest BCUT2D eigenvalue weighted by Crippen LogP contribution is -1.86. The van der Waals surface area contributed by atoms with Crippen LogP contribution in [0.5, 0.6) is 0 Å². The molecule has 0 N–H and O–H groups in total. The van der Waals surface area contributed by atoms with Crippen molar-refractivity contribution in [3.05, 3.63) is 46.5 Å². The number of halogens is 1. The molecule has 2 aromatic rings. The fourth-order valence-electron chi connectivity index (χ4n) is 1.91. The molecule has 0 saturated heterocycles. The molecule has 16 heavy (non-hydrogen) atoms. The first-order valence-electron chi connectivity index (χ1n) is 5.90. The quantitative estimate of drug-likeness (QED) is 0.621. The van der Waals surface area contributed by atoms with E-state index >= 15 is 0 Å². The van der Waals surface area contributed by atoms with Crippen LogP contribution in [-0.2, 0) is 6.42 Å². The van der Waals surface area contributed by atoms with Gasteiger partial charge in [0.25, 0.3) is 0 Å². The fourth-order valence-corrected chi connectivity index (χ4v) is 2.22. The van der Waals surface area contributed by atoms with Gasteiger partial charge >= 0.3 is 0 Å². The second kappa shape index (κ2) is 5.91. The normalized spacial score (nSPS) is 9.81. The van der Waals surface area contributed by atoms with Crippen LogP contribution in [0, 0.1) is 6.92 Å². The summed E-state index contributed by atoms with van der Waals surface area (Å²) in [5, 5.41) is 3.32. The van der Waals surface area contributed by atoms with Crippen LogP contribution >= 0.6 is 11.6 Å². The van der Waals surface area contributed by atoms with Gasteiger partial charge in [-0.05, 0) is 30.4 Å². The molecule has 0 saturated carbocycles. The molecular formula is C15H19Cl. The highest BCUT2D eigenvalue weighted by Gasteiger charge is 2.04. The maximum Gasteiger partial charge on any atom is 0.0487 e. The van der Waals surface area contributed by atoms with E-state index in [-0.39, 0.29) is 0 Å². The van der Waals surface area contributed by atoms with Crippen LogP contribution in [0.15, 0.2) is 30.3 Å². The van der Waals surface area contributed by atoms with E-state index in [0.717, 1.165) is 11.4 Å². The number of hydrogen-bond donors (Lipinski definition) is 0. The molecule has 86 valence electrons. The van der Waals surface area contributed by atoms with Gasteiger partial charge in [0, 0.05) is 10.4 Å². The van der Waals surface area contributed by atoms with Crippen molar-refractivity contribution in [2.75, 3.05) is 0 Å². The molecule has 0 heterocycles. The third-order valence-corrected chi connectivity index (χ3v) is 2.85. The van der Waals surface area contributed by atoms with Gasteiger partial charge in [-0.15, -0.1) is 0 Å². The summed E-state index contributed by atoms with van der Waals surface area (Å²) in [6, 6.07) is 10.5. The first kappa shape index (κ1) is 13.1. The van der Waals surface area contributed by atoms with Crippen LogP contribution in [0.1, 0.15) is 31.9 Å². The summed E-state index contributed by atoms with van der Waals surface area (Å²) in [4.78, 5) is 0. The number of benzene rings is 2. The molecule has 0 aliphatic heterocycles. The molecule has 0 aliphatic rings. The summed E-state index contributed by atoms with van der Waals surface area (Å²) in [6.07, 6.45) is 1.03. The Morgan fingerprint density at radius 2 is 1.81 bits per heavy atom. The molecule has 2 aromatic carbocycles. The van der Waals surface area contributed by atoms with Gasteiger partial charge in [-0.3, -0.25) is 0 Å². The molecule has 2 rings (SSSR count). The van der Waals surface area contributed by atoms with E-state index in [1.807, 2.05) is 26.0 Å². The molecule has 0 bridgehead atoms. The lowest BCUT2D eigenvalue weighted by Gasteiger charge is -2.07. The van der Waals surface area contributed by atoms with Crippen molar-refractivity contribution in [3.8, 4) is 0 Å². The van der Waals surface area contributed by atoms with Crippen LogP contribution in [0.25, 0.3) is 10.8 Å². The number of rotatable bonds is 1. The number of hydrogen-bond acceptors (Lipinski definition) is 0. The molecule has 0 atom stereocenters. The Morgan fingerprint density at radius 1 is 1.12 bits per heavy atom. The third kappa shape index (κ3) is 2.56. The molecule has 0 nitrogen and oxygen atoms in total. The third-order valence-electron chi connectivity index (χ3n) is 2.53. The summed E-state index contributed by atoms with van der Waals surface area (Å²) in [5.74, 6) is 0. The van der Waals surface area contributed by atoms with Gasteiger partial charge in [0.15, 0.2) is 0 Å². The summed E-state index contributed by atoms with van der Waals surface area (Å²) in [5.41, 5.74) is 2.64. The van der Waals surface area contributed by atoms with Crippen LogP contribution in [-0.4, -0.2) is 0 Å². The predicted octanol–water partition coefficient (Wildman–Crippen LogP) is 5.39. The Balaban J connectivity index is 0.000000606. The maximum atomic E-state index is 6.19. The summed E-state index contributed by atoms with van der Waals surface area (Å²) < 4.78 is 0. The topological polar surface area (TPSA) is 0 Å². The molecule has 0 radical (unpaired) electrons. The zero-order valence-corrected chi connectivity index (χ0v) is 11.2. The lowest BCUT2D eigenvalue weighted by molar-refractivity contribution is 1.15. The van der Waals surface area contributed by atoms with Gasteiger partial charge in [-0.25, -0.2) is 0 Å². The first-order valence-corrected chi connectivity index (χ1v) is 6.28. The Bertz CT molecular complexity index is 472. The number of aryl methyl sites for hydroxylation is 2. The average Bonchev–Trinajstić information content (AvgIpc) is 2.30. The molecular weight excluding hydrogens is 216 g/mol. The van der Waals surface area contributed by atoms with Gasteiger partial charge in [0.1, 0.15) is 0 Å². The fraction of sp³-hybridized carbons (Fsp3) is 0.333. The smallest absolute Gasteiger partial charge is 0.0487 e. The molecule has 0 spiro atoms. The van der Waals surface area contributed by atoms with E-state index in [4.69, 9.17) is 11.6 Å². The van der Waals surface area contributed by atoms with Crippen molar-refractivity contribution in [1.82, 2.24) is 0 Å². The number of fused-ring (bicyclic) bond motifs is 1. The second-order valence-corrected chi connectivity index (χ2v) is 4.02. The van der Waals surface area contributed by atoms with Gasteiger partial charge < -0.3 is 0 Å². The highest BCUT2D eigenvalue weighted by Crippen LogP contribution is 2.28. The minimum absolute atomic E-state index is 0.861. The van der Waals surface area contributed by atoms with Crippen molar-refractivity contribution < 1.29 is 0 Å². The Kier molecular flexibility index (Phi) is 4.82. The lowest BCUT2D eigenvalue weighted by atomic mass is 10.00. The van der Waals surface area contributed by atoms with E-state index in [2.05, 4.69) is 32.0 Å². The van der Waals surface area contributed by atoms with Crippen LogP contribution < -0.4 is 0 Å². The monoisotopic (exact) mass is 234 g/mol. The second-order valence-electron chi connectivity index (χ2n) is 3.62. The van der Waals surface area contributed by atoms with Crippen molar-refractivity contribution in [2.24, 2.45) is 0 Å². The molecule has 0 amide bonds. The zero-order valence-electron chi connectivity index (χ0n) is 10.5. The predicted molar refractivity (Wildman–Crippen MR) is 74.4 cm³/mol. The molecule has 0 unspecified atom stereocenters. The molecule has 0 aromatic heterocycles. The molecule has 0 aliphatic carbocycles. The van der Waals surface area contributed by atoms with Crippen LogP contribution in [0.4, 0.5) is 0 Å². The van der Waals surface area contributed by atoms with Crippen molar-refractivity contribution in [2.45, 2.75) is 34.1 Å². The van der Waals surface area contributed by atoms with Gasteiger partial charge in [-0.2, -0.15) is 0 Å². The van der Waals surface area contributed by atoms with Crippen molar-refractivity contribution in [1.29, 1.82) is 0 Å². The summed E-state index contributed by atoms with van der Waals surface area (Å²) in [6.45, 7) is 8.29. The van der Waals surface area contributed by atoms with E-state index in [1.54, 1.807) is 0 Å². The van der Waals surface area contributed by atoms with E-state index in [0.29, 0.717) is 0 Å². The Hall–Kier alpha value is -1.01. The van der Waals surface area contributed by atoms with Crippen LogP contribution in [0.2, 0.25) is 5.02 Å². The standard InChI is InChI=1S/C13H13Cl.C2H6/c1-3-10-7-9(2)8-11-5-4-6-12(14)13(10)11;1-2/h4-8H,3H2,1-2H3;1-2H3. The van der Waals surface area contributed by atoms with Crippen molar-refractivity contribution >= 4 is 22.4 Å². The minimum atomic E-state index is 0.861. The average molecular weight is 235 g/mol. The Morgan fingerprint density at radius 3 is 2.44 bits per heavy atom. The zero-order chi connectivity index (χ0) is 12.1. The van der Waals surface area contributed by atoms with Gasteiger partial charge in [0.05, 0.1) is 0 Å². The molecule has 1 heteroatoms. The first-order chi connectivity index (χ1) is 7.72. The largest absolute Gasteiger partial charge is 0.0837 e. The maximum absolute atomic E-state index is 6.19. The SMILES string of the molecule is CC.CCc1cc(C)cc2cccc(Cl)c12. The van der Waals surface area contributed by atoms with Crippen molar-refractivity contribution in [3.63, 3.8) is 0 Å². The van der Waals surface area contributed by atoms with E-state index in [9.17, 15) is 0 Å². The van der Waals surface area contributed by atoms with E-state index < -0.39 is 0 Å². The van der Waals surface area contributed by atoms with Crippen LogP contribution in [0.3, 0.4) is 0 Å². The highest BCUT2D eigenvalue weighted by molar-refractivity contribution is 6.35. The van der Waals surface area contributed by atoms with E-state index in [1.165, 1.54) is 21.9 Å². The van der Waals surface area contributed by atoms with Gasteiger partial charge in [-0.1, -0.05) is 62.2 Å². The summed E-state index contributed by atoms with van der Waals surface area (Å²) >= 11 is 6.19. The summed E-state index contributed by atoms with van der Waals surface area (Å²) in [7, 11) is 0.